The van der Waals surface area contributed by atoms with E-state index in [-0.39, 0.29) is 49.0 Å². The molecule has 238 valence electrons. The van der Waals surface area contributed by atoms with Crippen LogP contribution in [0.1, 0.15) is 25.3 Å². The Kier molecular flexibility index (Phi) is 9.98. The summed E-state index contributed by atoms with van der Waals surface area (Å²) in [5, 5.41) is 0. The van der Waals surface area contributed by atoms with E-state index in [1.54, 1.807) is 19.1 Å². The maximum absolute atomic E-state index is 14.3. The van der Waals surface area contributed by atoms with Crippen LogP contribution < -0.4 is 19.7 Å². The fourth-order valence-electron chi connectivity index (χ4n) is 4.75. The number of anilines is 2. The zero-order valence-corrected chi connectivity index (χ0v) is 24.2. The summed E-state index contributed by atoms with van der Waals surface area (Å²) in [7, 11) is -4.52. The number of nitrogens with zero attached hydrogens (tertiary/aromatic N) is 2. The minimum Gasteiger partial charge on any atom is -0.435 e. The molecule has 0 spiro atoms. The quantitative estimate of drug-likeness (QED) is 0.250. The topological polar surface area (TPSA) is 102 Å². The van der Waals surface area contributed by atoms with E-state index in [4.69, 9.17) is 10.5 Å². The smallest absolute Gasteiger partial charge is 0.416 e. The van der Waals surface area contributed by atoms with Crippen LogP contribution in [0.25, 0.3) is 11.1 Å². The Balaban J connectivity index is 1.73. The third kappa shape index (κ3) is 7.94. The number of hydrogen-bond donors (Lipinski definition) is 1. The van der Waals surface area contributed by atoms with Crippen LogP contribution in [0.2, 0.25) is 0 Å². The maximum atomic E-state index is 14.3. The Morgan fingerprint density at radius 3 is 2.43 bits per heavy atom. The van der Waals surface area contributed by atoms with E-state index in [9.17, 15) is 39.6 Å². The van der Waals surface area contributed by atoms with Gasteiger partial charge in [-0.2, -0.15) is 22.0 Å². The van der Waals surface area contributed by atoms with Crippen molar-refractivity contribution in [3.8, 4) is 16.9 Å². The first-order valence-corrected chi connectivity index (χ1v) is 14.8. The molecule has 1 heterocycles. The first-order valence-electron chi connectivity index (χ1n) is 13.4. The van der Waals surface area contributed by atoms with Gasteiger partial charge in [-0.1, -0.05) is 12.1 Å². The van der Waals surface area contributed by atoms with Crippen molar-refractivity contribution in [3.63, 3.8) is 0 Å². The molecule has 3 aromatic carbocycles. The number of fused-ring (bicyclic) bond motifs is 1. The van der Waals surface area contributed by atoms with Crippen molar-refractivity contribution in [1.29, 1.82) is 0 Å². The number of benzene rings is 3. The van der Waals surface area contributed by atoms with Crippen molar-refractivity contribution in [1.82, 2.24) is 0 Å². The van der Waals surface area contributed by atoms with Gasteiger partial charge in [-0.05, 0) is 66.9 Å². The van der Waals surface area contributed by atoms with Crippen LogP contribution in [-0.4, -0.2) is 53.3 Å². The molecule has 0 radical (unpaired) electrons. The van der Waals surface area contributed by atoms with Gasteiger partial charge in [-0.15, -0.1) is 0 Å². The number of nitrogens with two attached hydrogens (primary N) is 1. The molecule has 44 heavy (non-hydrogen) atoms. The third-order valence-corrected chi connectivity index (χ3v) is 8.70. The summed E-state index contributed by atoms with van der Waals surface area (Å²) in [6, 6.07) is 10.9. The fraction of sp³-hybridized carbons (Fsp3) is 0.345. The normalized spacial score (nSPS) is 14.5. The van der Waals surface area contributed by atoms with Gasteiger partial charge in [0.25, 0.3) is 10.0 Å². The van der Waals surface area contributed by atoms with Gasteiger partial charge in [0.2, 0.25) is 5.91 Å². The summed E-state index contributed by atoms with van der Waals surface area (Å²) in [4.78, 5) is 12.3. The van der Waals surface area contributed by atoms with E-state index >= 15 is 0 Å². The summed E-state index contributed by atoms with van der Waals surface area (Å²) in [5.74, 6) is -1.84. The second-order valence-electron chi connectivity index (χ2n) is 10.0. The minimum absolute atomic E-state index is 0.0478. The van der Waals surface area contributed by atoms with Crippen LogP contribution in [-0.2, 0) is 25.7 Å². The highest BCUT2D eigenvalue weighted by molar-refractivity contribution is 7.92. The first-order chi connectivity index (χ1) is 20.6. The van der Waals surface area contributed by atoms with Crippen molar-refractivity contribution >= 4 is 27.3 Å². The molecule has 4 rings (SSSR count). The molecular weight excluding hydrogens is 616 g/mol. The van der Waals surface area contributed by atoms with E-state index in [1.165, 1.54) is 6.07 Å². The van der Waals surface area contributed by atoms with E-state index in [0.717, 1.165) is 40.7 Å². The van der Waals surface area contributed by atoms with Crippen molar-refractivity contribution in [3.05, 3.63) is 72.0 Å². The van der Waals surface area contributed by atoms with E-state index in [0.29, 0.717) is 24.7 Å². The number of primary amides is 1. The summed E-state index contributed by atoms with van der Waals surface area (Å²) < 4.78 is 119. The van der Waals surface area contributed by atoms with Crippen LogP contribution in [0.4, 0.5) is 37.7 Å². The van der Waals surface area contributed by atoms with Crippen LogP contribution in [0.5, 0.6) is 5.75 Å². The standard InChI is InChI=1S/C29H29F6N3O5S/c1-18(42-12-8-27(36)39)7-9-37-10-11-38(44(40,41)24-4-2-3-21(16-24)29(33,34)35)26-15-19(5-6-25(26)37)20-13-22(30)17-23(14-20)43-28(31)32/h2-6,13-18,28H,7-12H2,1H3,(H2,36,39)/t18-/m0/s1. The zero-order chi connectivity index (χ0) is 32.2. The van der Waals surface area contributed by atoms with Crippen LogP contribution in [0.3, 0.4) is 0 Å². The predicted octanol–water partition coefficient (Wildman–Crippen LogP) is 5.80. The summed E-state index contributed by atoms with van der Waals surface area (Å²) >= 11 is 0. The Bertz CT molecular complexity index is 1600. The zero-order valence-electron chi connectivity index (χ0n) is 23.4. The highest BCUT2D eigenvalue weighted by Gasteiger charge is 2.36. The number of carbonyl (C=O) groups excluding carboxylic acids is 1. The molecule has 0 fully saturated rings. The molecule has 0 aliphatic carbocycles. The number of halogens is 6. The van der Waals surface area contributed by atoms with Crippen molar-refractivity contribution in [2.75, 3.05) is 35.4 Å². The molecule has 2 N–H and O–H groups in total. The van der Waals surface area contributed by atoms with Crippen LogP contribution in [0, 0.1) is 5.82 Å². The van der Waals surface area contributed by atoms with Crippen molar-refractivity contribution in [2.45, 2.75) is 43.6 Å². The second kappa shape index (κ2) is 13.3. The van der Waals surface area contributed by atoms with Crippen molar-refractivity contribution < 1.29 is 49.0 Å². The number of amides is 1. The summed E-state index contributed by atoms with van der Waals surface area (Å²) in [5.41, 5.74) is 4.86. The molecule has 0 aromatic heterocycles. The average Bonchev–Trinajstić information content (AvgIpc) is 2.94. The predicted molar refractivity (Wildman–Crippen MR) is 150 cm³/mol. The molecule has 0 saturated carbocycles. The number of alkyl halides is 5. The van der Waals surface area contributed by atoms with Gasteiger partial charge in [0.15, 0.2) is 0 Å². The Morgan fingerprint density at radius 2 is 1.75 bits per heavy atom. The Labute approximate surface area is 250 Å². The maximum Gasteiger partial charge on any atom is 0.416 e. The first kappa shape index (κ1) is 32.9. The Hall–Kier alpha value is -3.98. The van der Waals surface area contributed by atoms with Crippen LogP contribution in [0.15, 0.2) is 65.6 Å². The lowest BCUT2D eigenvalue weighted by molar-refractivity contribution is -0.137. The van der Waals surface area contributed by atoms with E-state index in [2.05, 4.69) is 4.74 Å². The van der Waals surface area contributed by atoms with Crippen LogP contribution >= 0.6 is 0 Å². The molecule has 0 bridgehead atoms. The molecule has 1 amide bonds. The number of carbonyl (C=O) groups is 1. The molecule has 8 nitrogen and oxygen atoms in total. The number of sulfonamides is 1. The van der Waals surface area contributed by atoms with E-state index in [1.807, 2.05) is 4.90 Å². The second-order valence-corrected chi connectivity index (χ2v) is 11.9. The van der Waals surface area contributed by atoms with Gasteiger partial charge in [-0.3, -0.25) is 9.10 Å². The molecule has 1 atom stereocenters. The highest BCUT2D eigenvalue weighted by Crippen LogP contribution is 2.41. The van der Waals surface area contributed by atoms with Crippen molar-refractivity contribution in [2.24, 2.45) is 5.73 Å². The third-order valence-electron chi connectivity index (χ3n) is 6.89. The summed E-state index contributed by atoms with van der Waals surface area (Å²) in [6.45, 7) is -0.877. The van der Waals surface area contributed by atoms with Gasteiger partial charge >= 0.3 is 12.8 Å². The lowest BCUT2D eigenvalue weighted by Gasteiger charge is -2.39. The van der Waals surface area contributed by atoms with Gasteiger partial charge < -0.3 is 20.1 Å². The molecule has 0 unspecified atom stereocenters. The van der Waals surface area contributed by atoms with Gasteiger partial charge in [0, 0.05) is 25.6 Å². The van der Waals surface area contributed by atoms with Gasteiger partial charge in [-0.25, -0.2) is 12.8 Å². The lowest BCUT2D eigenvalue weighted by Crippen LogP contribution is -2.44. The lowest BCUT2D eigenvalue weighted by atomic mass is 10.0. The van der Waals surface area contributed by atoms with E-state index < -0.39 is 50.7 Å². The molecule has 0 saturated heterocycles. The van der Waals surface area contributed by atoms with Gasteiger partial charge in [0.1, 0.15) is 11.6 Å². The number of hydrogen-bond acceptors (Lipinski definition) is 6. The highest BCUT2D eigenvalue weighted by atomic mass is 32.2. The number of ether oxygens (including phenoxy) is 2. The largest absolute Gasteiger partial charge is 0.435 e. The molecule has 15 heteroatoms. The van der Waals surface area contributed by atoms with Gasteiger partial charge in [0.05, 0.1) is 41.1 Å². The summed E-state index contributed by atoms with van der Waals surface area (Å²) in [6.07, 6.45) is -4.55. The molecule has 1 aliphatic heterocycles. The fourth-order valence-corrected chi connectivity index (χ4v) is 6.25. The molecule has 1 aliphatic rings. The average molecular weight is 646 g/mol. The SMILES string of the molecule is C[C@@H](CCN1CCN(S(=O)(=O)c2cccc(C(F)(F)F)c2)c2cc(-c3cc(F)cc(OC(F)F)c3)ccc21)OCCC(N)=O. The molecular formula is C29H29F6N3O5S. The minimum atomic E-state index is -4.78. The molecule has 3 aromatic rings. The monoisotopic (exact) mass is 645 g/mol. The Morgan fingerprint density at radius 1 is 1.00 bits per heavy atom. The number of rotatable bonds is 12.